The third kappa shape index (κ3) is 2.76. The second-order valence-corrected chi connectivity index (χ2v) is 6.25. The fourth-order valence-electron chi connectivity index (χ4n) is 2.66. The summed E-state index contributed by atoms with van der Waals surface area (Å²) in [6.45, 7) is 10.0. The van der Waals surface area contributed by atoms with Crippen molar-refractivity contribution in [2.45, 2.75) is 40.5 Å². The molecule has 0 aromatic carbocycles. The van der Waals surface area contributed by atoms with Gasteiger partial charge in [-0.15, -0.1) is 0 Å². The first-order valence-corrected chi connectivity index (χ1v) is 7.43. The van der Waals surface area contributed by atoms with Crippen LogP contribution in [0.25, 0.3) is 11.1 Å². The van der Waals surface area contributed by atoms with Crippen molar-refractivity contribution in [2.75, 3.05) is 0 Å². The van der Waals surface area contributed by atoms with Gasteiger partial charge in [0, 0.05) is 17.0 Å². The zero-order chi connectivity index (χ0) is 15.7. The van der Waals surface area contributed by atoms with Gasteiger partial charge in [0.25, 0.3) is 0 Å². The van der Waals surface area contributed by atoms with E-state index in [1.165, 1.54) is 5.56 Å². The molecule has 2 aliphatic rings. The van der Waals surface area contributed by atoms with Crippen LogP contribution in [-0.4, -0.2) is 12.1 Å². The molecule has 2 aliphatic carbocycles. The van der Waals surface area contributed by atoms with Gasteiger partial charge in [-0.3, -0.25) is 9.59 Å². The fourth-order valence-corrected chi connectivity index (χ4v) is 2.66. The molecule has 0 radical (unpaired) electrons. The number of carbonyl (C=O) groups is 2. The molecule has 21 heavy (non-hydrogen) atoms. The lowest BCUT2D eigenvalue weighted by molar-refractivity contribution is 0.0940. The SMILES string of the molecule is Cc1ccc(C(C)C)cc2c(C=O)cc(C(=O)C(C)C)c1-2. The number of rotatable bonds is 4. The van der Waals surface area contributed by atoms with Crippen molar-refractivity contribution >= 4 is 12.1 Å². The van der Waals surface area contributed by atoms with E-state index in [4.69, 9.17) is 0 Å². The predicted molar refractivity (Wildman–Crippen MR) is 86.4 cm³/mol. The van der Waals surface area contributed by atoms with Crippen molar-refractivity contribution in [2.24, 2.45) is 5.92 Å². The average Bonchev–Trinajstić information content (AvgIpc) is 2.70. The Hall–Kier alpha value is -1.96. The number of aldehydes is 1. The van der Waals surface area contributed by atoms with Gasteiger partial charge < -0.3 is 0 Å². The highest BCUT2D eigenvalue weighted by atomic mass is 16.1. The maximum Gasteiger partial charge on any atom is 0.166 e. The molecule has 2 nitrogen and oxygen atoms in total. The first kappa shape index (κ1) is 15.4. The molecule has 0 heterocycles. The number of hydrogen-bond donors (Lipinski definition) is 0. The summed E-state index contributed by atoms with van der Waals surface area (Å²) in [6.07, 6.45) is 0.850. The minimum Gasteiger partial charge on any atom is -0.298 e. The van der Waals surface area contributed by atoms with Crippen LogP contribution in [0.4, 0.5) is 0 Å². The number of carbonyl (C=O) groups excluding carboxylic acids is 2. The van der Waals surface area contributed by atoms with Gasteiger partial charge in [-0.2, -0.15) is 0 Å². The number of ketones is 1. The summed E-state index contributed by atoms with van der Waals surface area (Å²) < 4.78 is 0. The summed E-state index contributed by atoms with van der Waals surface area (Å²) in [5.41, 5.74) is 5.29. The van der Waals surface area contributed by atoms with E-state index in [0.717, 1.165) is 23.0 Å². The standard InChI is InChI=1S/C19H22O2/c1-11(2)14-7-6-13(5)18-16(8-14)15(10-20)9-17(18)19(21)12(3)4/h6-12H,1-5H3. The van der Waals surface area contributed by atoms with E-state index in [9.17, 15) is 9.59 Å². The summed E-state index contributed by atoms with van der Waals surface area (Å²) in [4.78, 5) is 23.9. The topological polar surface area (TPSA) is 34.1 Å². The Morgan fingerprint density at radius 1 is 1.10 bits per heavy atom. The Bertz CT molecular complexity index is 666. The Morgan fingerprint density at radius 3 is 2.29 bits per heavy atom. The molecule has 0 aromatic heterocycles. The minimum absolute atomic E-state index is 0.0791. The third-order valence-electron chi connectivity index (χ3n) is 3.96. The number of hydrogen-bond acceptors (Lipinski definition) is 2. The van der Waals surface area contributed by atoms with Crippen LogP contribution in [0.15, 0.2) is 24.3 Å². The van der Waals surface area contributed by atoms with Gasteiger partial charge in [0.1, 0.15) is 0 Å². The maximum atomic E-state index is 12.4. The van der Waals surface area contributed by atoms with Crippen LogP contribution in [0.5, 0.6) is 0 Å². The average molecular weight is 282 g/mol. The molecule has 0 spiro atoms. The summed E-state index contributed by atoms with van der Waals surface area (Å²) in [5, 5.41) is 0. The smallest absolute Gasteiger partial charge is 0.166 e. The Morgan fingerprint density at radius 2 is 1.76 bits per heavy atom. The normalized spacial score (nSPS) is 11.4. The van der Waals surface area contributed by atoms with Crippen molar-refractivity contribution in [1.82, 2.24) is 0 Å². The molecular formula is C19H22O2. The quantitative estimate of drug-likeness (QED) is 0.592. The van der Waals surface area contributed by atoms with Crippen LogP contribution >= 0.6 is 0 Å². The van der Waals surface area contributed by atoms with Crippen molar-refractivity contribution < 1.29 is 9.59 Å². The largest absolute Gasteiger partial charge is 0.298 e. The Labute approximate surface area is 126 Å². The molecule has 0 bridgehead atoms. The van der Waals surface area contributed by atoms with E-state index in [1.807, 2.05) is 32.9 Å². The summed E-state index contributed by atoms with van der Waals surface area (Å²) in [5.74, 6) is 0.386. The van der Waals surface area contributed by atoms with Crippen molar-refractivity contribution in [1.29, 1.82) is 0 Å². The van der Waals surface area contributed by atoms with E-state index in [-0.39, 0.29) is 11.7 Å². The lowest BCUT2D eigenvalue weighted by Gasteiger charge is -2.07. The molecular weight excluding hydrogens is 260 g/mol. The van der Waals surface area contributed by atoms with Crippen molar-refractivity contribution in [3.63, 3.8) is 0 Å². The molecule has 0 unspecified atom stereocenters. The number of aryl methyl sites for hydroxylation is 1. The van der Waals surface area contributed by atoms with Crippen LogP contribution in [0.2, 0.25) is 0 Å². The summed E-state index contributed by atoms with van der Waals surface area (Å²) >= 11 is 0. The van der Waals surface area contributed by atoms with E-state index >= 15 is 0 Å². The highest BCUT2D eigenvalue weighted by molar-refractivity contribution is 6.09. The van der Waals surface area contributed by atoms with Crippen LogP contribution in [0, 0.1) is 12.8 Å². The van der Waals surface area contributed by atoms with Gasteiger partial charge in [-0.25, -0.2) is 0 Å². The van der Waals surface area contributed by atoms with Crippen molar-refractivity contribution in [3.8, 4) is 11.1 Å². The molecule has 2 heteroatoms. The number of Topliss-reactive ketones (excluding diaryl/α,β-unsaturated/α-hetero) is 1. The van der Waals surface area contributed by atoms with Gasteiger partial charge in [-0.1, -0.05) is 45.9 Å². The zero-order valence-electron chi connectivity index (χ0n) is 13.4. The molecule has 0 N–H and O–H groups in total. The molecule has 0 aliphatic heterocycles. The van der Waals surface area contributed by atoms with E-state index < -0.39 is 0 Å². The highest BCUT2D eigenvalue weighted by Gasteiger charge is 2.23. The van der Waals surface area contributed by atoms with Gasteiger partial charge in [-0.05, 0) is 41.2 Å². The van der Waals surface area contributed by atoms with Crippen LogP contribution in [0.3, 0.4) is 0 Å². The van der Waals surface area contributed by atoms with Crippen LogP contribution < -0.4 is 0 Å². The molecule has 110 valence electrons. The molecule has 0 fully saturated rings. The first-order chi connectivity index (χ1) is 9.86. The molecule has 0 saturated carbocycles. The Balaban J connectivity index is 2.79. The third-order valence-corrected chi connectivity index (χ3v) is 3.96. The monoisotopic (exact) mass is 282 g/mol. The van der Waals surface area contributed by atoms with Crippen LogP contribution in [0.1, 0.15) is 65.5 Å². The van der Waals surface area contributed by atoms with Crippen LogP contribution in [-0.2, 0) is 0 Å². The highest BCUT2D eigenvalue weighted by Crippen LogP contribution is 2.36. The zero-order valence-corrected chi connectivity index (χ0v) is 13.4. The lowest BCUT2D eigenvalue weighted by atomic mass is 9.96. The van der Waals surface area contributed by atoms with Gasteiger partial charge >= 0.3 is 0 Å². The second kappa shape index (κ2) is 5.80. The lowest BCUT2D eigenvalue weighted by Crippen LogP contribution is -2.07. The number of fused-ring (bicyclic) bond motifs is 1. The predicted octanol–water partition coefficient (Wildman–Crippen LogP) is 4.87. The molecule has 0 saturated heterocycles. The summed E-state index contributed by atoms with van der Waals surface area (Å²) in [6, 6.07) is 7.92. The van der Waals surface area contributed by atoms with Gasteiger partial charge in [0.15, 0.2) is 12.1 Å². The fraction of sp³-hybridized carbons (Fsp3) is 0.368. The van der Waals surface area contributed by atoms with Gasteiger partial charge in [0.05, 0.1) is 0 Å². The molecule has 0 atom stereocenters. The second-order valence-electron chi connectivity index (χ2n) is 6.25. The minimum atomic E-state index is -0.0791. The van der Waals surface area contributed by atoms with Crippen molar-refractivity contribution in [3.05, 3.63) is 46.5 Å². The van der Waals surface area contributed by atoms with E-state index in [0.29, 0.717) is 17.0 Å². The summed E-state index contributed by atoms with van der Waals surface area (Å²) in [7, 11) is 0. The molecule has 2 rings (SSSR count). The van der Waals surface area contributed by atoms with E-state index in [1.54, 1.807) is 6.07 Å². The van der Waals surface area contributed by atoms with Gasteiger partial charge in [0.2, 0.25) is 0 Å². The molecule has 0 aromatic rings. The maximum absolute atomic E-state index is 12.4. The van der Waals surface area contributed by atoms with E-state index in [2.05, 4.69) is 19.9 Å². The molecule has 0 amide bonds. The Kier molecular flexibility index (Phi) is 4.26. The first-order valence-electron chi connectivity index (χ1n) is 7.43.